The van der Waals surface area contributed by atoms with Crippen molar-refractivity contribution in [2.75, 3.05) is 0 Å². The van der Waals surface area contributed by atoms with E-state index in [9.17, 15) is 0 Å². The van der Waals surface area contributed by atoms with E-state index in [1.54, 1.807) is 0 Å². The molecule has 0 aromatic heterocycles. The van der Waals surface area contributed by atoms with Crippen molar-refractivity contribution >= 4 is 12.6 Å². The van der Waals surface area contributed by atoms with Crippen molar-refractivity contribution < 1.29 is 9.31 Å². The summed E-state index contributed by atoms with van der Waals surface area (Å²) in [6.07, 6.45) is 0.284. The van der Waals surface area contributed by atoms with E-state index in [-0.39, 0.29) is 19.3 Å². The third kappa shape index (κ3) is 4.08. The second-order valence-electron chi connectivity index (χ2n) is 5.88. The zero-order chi connectivity index (χ0) is 14.7. The molecule has 0 unspecified atom stereocenters. The van der Waals surface area contributed by atoms with Gasteiger partial charge in [-0.05, 0) is 83.1 Å². The average Bonchev–Trinajstić information content (AvgIpc) is 2.25. The molecule has 1 rings (SSSR count). The van der Waals surface area contributed by atoms with Crippen LogP contribution < -0.4 is 5.46 Å². The van der Waals surface area contributed by atoms with E-state index in [0.29, 0.717) is 0 Å². The molecule has 0 heterocycles. The Hall–Kier alpha value is -0.795. The third-order valence-electron chi connectivity index (χ3n) is 3.45. The molecule has 0 aliphatic carbocycles. The lowest BCUT2D eigenvalue weighted by Crippen LogP contribution is -2.44. The van der Waals surface area contributed by atoms with Gasteiger partial charge in [0.15, 0.2) is 0 Å². The highest BCUT2D eigenvalue weighted by molar-refractivity contribution is 6.62. The summed E-state index contributed by atoms with van der Waals surface area (Å²) in [4.78, 5) is 0. The van der Waals surface area contributed by atoms with Crippen molar-refractivity contribution in [3.05, 3.63) is 28.3 Å². The van der Waals surface area contributed by atoms with Gasteiger partial charge in [0, 0.05) is 12.2 Å². The summed E-state index contributed by atoms with van der Waals surface area (Å²) < 4.78 is 12.0. The highest BCUT2D eigenvalue weighted by Gasteiger charge is 2.28. The normalized spacial score (nSPS) is 11.5. The SMILES string of the molecule is Cc1cc(C)c(C)c(B(OC(C)C)OC(C)C)c1C. The number of aryl methyl sites for hydroxylation is 2. The molecule has 0 amide bonds. The number of hydrogen-bond donors (Lipinski definition) is 0. The first-order valence-corrected chi connectivity index (χ1v) is 7.12. The lowest BCUT2D eigenvalue weighted by molar-refractivity contribution is 0.139. The Bertz CT molecular complexity index is 403. The molecule has 2 nitrogen and oxygen atoms in total. The zero-order valence-electron chi connectivity index (χ0n) is 13.6. The van der Waals surface area contributed by atoms with Crippen LogP contribution in [0.3, 0.4) is 0 Å². The summed E-state index contributed by atoms with van der Waals surface area (Å²) in [5.41, 5.74) is 6.33. The Morgan fingerprint density at radius 2 is 1.16 bits per heavy atom. The Labute approximate surface area is 118 Å². The van der Waals surface area contributed by atoms with Crippen LogP contribution in [0.2, 0.25) is 0 Å². The molecule has 0 bridgehead atoms. The van der Waals surface area contributed by atoms with Gasteiger partial charge in [-0.15, -0.1) is 0 Å². The van der Waals surface area contributed by atoms with Crippen LogP contribution in [0.25, 0.3) is 0 Å². The lowest BCUT2D eigenvalue weighted by atomic mass is 9.70. The van der Waals surface area contributed by atoms with Gasteiger partial charge in [-0.3, -0.25) is 0 Å². The van der Waals surface area contributed by atoms with E-state index in [2.05, 4.69) is 33.8 Å². The Kier molecular flexibility index (Phi) is 5.63. The van der Waals surface area contributed by atoms with E-state index in [1.807, 2.05) is 27.7 Å². The maximum Gasteiger partial charge on any atom is 0.494 e. The van der Waals surface area contributed by atoms with E-state index in [1.165, 1.54) is 27.7 Å². The van der Waals surface area contributed by atoms with Gasteiger partial charge >= 0.3 is 7.12 Å². The smallest absolute Gasteiger partial charge is 0.405 e. The van der Waals surface area contributed by atoms with Crippen LogP contribution in [-0.2, 0) is 9.31 Å². The van der Waals surface area contributed by atoms with Gasteiger partial charge in [0.2, 0.25) is 0 Å². The van der Waals surface area contributed by atoms with E-state index in [4.69, 9.17) is 9.31 Å². The first kappa shape index (κ1) is 16.3. The predicted octanol–water partition coefficient (Wildman–Crippen LogP) is 3.47. The first-order chi connectivity index (χ1) is 8.73. The van der Waals surface area contributed by atoms with Crippen molar-refractivity contribution in [1.29, 1.82) is 0 Å². The molecule has 0 saturated heterocycles. The molecule has 0 radical (unpaired) electrons. The van der Waals surface area contributed by atoms with Gasteiger partial charge in [-0.2, -0.15) is 0 Å². The van der Waals surface area contributed by atoms with Crippen molar-refractivity contribution in [1.82, 2.24) is 0 Å². The molecule has 106 valence electrons. The fraction of sp³-hybridized carbons (Fsp3) is 0.625. The largest absolute Gasteiger partial charge is 0.494 e. The highest BCUT2D eigenvalue weighted by Crippen LogP contribution is 2.15. The van der Waals surface area contributed by atoms with Crippen molar-refractivity contribution in [3.63, 3.8) is 0 Å². The second-order valence-corrected chi connectivity index (χ2v) is 5.88. The number of rotatable bonds is 5. The summed E-state index contributed by atoms with van der Waals surface area (Å²) in [7, 11) is -0.279. The molecular weight excluding hydrogens is 235 g/mol. The summed E-state index contributed by atoms with van der Waals surface area (Å²) in [6, 6.07) is 2.23. The lowest BCUT2D eigenvalue weighted by Gasteiger charge is -2.24. The van der Waals surface area contributed by atoms with Crippen molar-refractivity contribution in [3.8, 4) is 0 Å². The van der Waals surface area contributed by atoms with Crippen LogP contribution >= 0.6 is 0 Å². The fourth-order valence-corrected chi connectivity index (χ4v) is 2.26. The molecule has 0 spiro atoms. The van der Waals surface area contributed by atoms with Gasteiger partial charge in [-0.1, -0.05) is 6.07 Å². The van der Waals surface area contributed by atoms with E-state index < -0.39 is 0 Å². The topological polar surface area (TPSA) is 18.5 Å². The van der Waals surface area contributed by atoms with Crippen LogP contribution in [0, 0.1) is 27.7 Å². The molecule has 0 N–H and O–H groups in total. The second kappa shape index (κ2) is 6.58. The van der Waals surface area contributed by atoms with Crippen molar-refractivity contribution in [2.24, 2.45) is 0 Å². The van der Waals surface area contributed by atoms with E-state index in [0.717, 1.165) is 0 Å². The van der Waals surface area contributed by atoms with Gasteiger partial charge in [0.05, 0.1) is 0 Å². The minimum absolute atomic E-state index is 0.142. The highest BCUT2D eigenvalue weighted by atomic mass is 16.6. The molecule has 0 saturated carbocycles. The first-order valence-electron chi connectivity index (χ1n) is 7.12. The maximum absolute atomic E-state index is 6.00. The third-order valence-corrected chi connectivity index (χ3v) is 3.45. The summed E-state index contributed by atoms with van der Waals surface area (Å²) >= 11 is 0. The predicted molar refractivity (Wildman–Crippen MR) is 83.2 cm³/mol. The summed E-state index contributed by atoms with van der Waals surface area (Å²) in [6.45, 7) is 16.8. The minimum atomic E-state index is -0.279. The van der Waals surface area contributed by atoms with Gasteiger partial charge in [-0.25, -0.2) is 0 Å². The zero-order valence-corrected chi connectivity index (χ0v) is 13.6. The summed E-state index contributed by atoms with van der Waals surface area (Å²) in [5, 5.41) is 0. The molecule has 0 fully saturated rings. The van der Waals surface area contributed by atoms with Gasteiger partial charge in [0.1, 0.15) is 0 Å². The average molecular weight is 262 g/mol. The van der Waals surface area contributed by atoms with Crippen LogP contribution in [0.15, 0.2) is 6.07 Å². The monoisotopic (exact) mass is 262 g/mol. The number of hydrogen-bond acceptors (Lipinski definition) is 2. The minimum Gasteiger partial charge on any atom is -0.405 e. The molecule has 0 aliphatic heterocycles. The molecule has 0 aliphatic rings. The molecule has 1 aromatic carbocycles. The van der Waals surface area contributed by atoms with E-state index >= 15 is 0 Å². The molecular formula is C16H27BO2. The van der Waals surface area contributed by atoms with Gasteiger partial charge in [0.25, 0.3) is 0 Å². The Balaban J connectivity index is 3.28. The Morgan fingerprint density at radius 3 is 1.47 bits per heavy atom. The van der Waals surface area contributed by atoms with Crippen molar-refractivity contribution in [2.45, 2.75) is 67.6 Å². The molecule has 3 heteroatoms. The standard InChI is InChI=1S/C16H27BO2/c1-10(2)18-17(19-11(3)4)16-14(7)12(5)9-13(6)15(16)8/h9-11H,1-8H3. The van der Waals surface area contributed by atoms with Crippen LogP contribution in [-0.4, -0.2) is 19.3 Å². The summed E-state index contributed by atoms with van der Waals surface area (Å²) in [5.74, 6) is 0. The molecule has 19 heavy (non-hydrogen) atoms. The van der Waals surface area contributed by atoms with Crippen LogP contribution in [0.1, 0.15) is 49.9 Å². The quantitative estimate of drug-likeness (QED) is 0.756. The maximum atomic E-state index is 6.00. The van der Waals surface area contributed by atoms with Gasteiger partial charge < -0.3 is 9.31 Å². The Morgan fingerprint density at radius 1 is 0.789 bits per heavy atom. The molecule has 0 atom stereocenters. The van der Waals surface area contributed by atoms with Crippen LogP contribution in [0.5, 0.6) is 0 Å². The molecule has 1 aromatic rings. The fourth-order valence-electron chi connectivity index (χ4n) is 2.26. The van der Waals surface area contributed by atoms with Crippen LogP contribution in [0.4, 0.5) is 0 Å². The number of benzene rings is 1.